The number of hydrogen-bond donors (Lipinski definition) is 1. The number of carboxylic acid groups (broad SMARTS) is 1. The van der Waals surface area contributed by atoms with E-state index in [4.69, 9.17) is 4.74 Å². The Morgan fingerprint density at radius 1 is 1.15 bits per heavy atom. The highest BCUT2D eigenvalue weighted by molar-refractivity contribution is 5.83. The van der Waals surface area contributed by atoms with Crippen LogP contribution in [0, 0.1) is 23.7 Å². The predicted octanol–water partition coefficient (Wildman–Crippen LogP) is 1.15. The first-order valence-electron chi connectivity index (χ1n) is 7.47. The van der Waals surface area contributed by atoms with E-state index in [1.165, 1.54) is 12.8 Å². The van der Waals surface area contributed by atoms with Crippen molar-refractivity contribution in [2.24, 2.45) is 23.7 Å². The van der Waals surface area contributed by atoms with Crippen LogP contribution in [0.2, 0.25) is 0 Å². The van der Waals surface area contributed by atoms with Crippen molar-refractivity contribution in [3.05, 3.63) is 12.2 Å². The molecule has 0 aromatic rings. The van der Waals surface area contributed by atoms with E-state index in [1.807, 2.05) is 12.2 Å². The largest absolute Gasteiger partial charge is 0.481 e. The summed E-state index contributed by atoms with van der Waals surface area (Å²) >= 11 is 0. The van der Waals surface area contributed by atoms with Gasteiger partial charge >= 0.3 is 11.9 Å². The van der Waals surface area contributed by atoms with E-state index in [0.717, 1.165) is 26.1 Å². The van der Waals surface area contributed by atoms with Gasteiger partial charge in [-0.2, -0.15) is 0 Å². The molecule has 110 valence electrons. The van der Waals surface area contributed by atoms with Crippen LogP contribution in [0.15, 0.2) is 12.2 Å². The highest BCUT2D eigenvalue weighted by Crippen LogP contribution is 2.48. The number of aliphatic carboxylic acids is 1. The van der Waals surface area contributed by atoms with Gasteiger partial charge in [-0.3, -0.25) is 14.5 Å². The number of carbonyl (C=O) groups is 2. The molecule has 0 spiro atoms. The summed E-state index contributed by atoms with van der Waals surface area (Å²) in [6.45, 7) is 3.29. The van der Waals surface area contributed by atoms with Gasteiger partial charge in [0.2, 0.25) is 0 Å². The minimum atomic E-state index is -0.872. The van der Waals surface area contributed by atoms with Crippen LogP contribution in [0.25, 0.3) is 0 Å². The first kappa shape index (κ1) is 13.6. The van der Waals surface area contributed by atoms with Crippen molar-refractivity contribution in [1.82, 2.24) is 4.90 Å². The number of nitrogens with zero attached hydrogens (tertiary/aromatic N) is 1. The van der Waals surface area contributed by atoms with Gasteiger partial charge in [0.1, 0.15) is 6.61 Å². The molecule has 4 atom stereocenters. The minimum Gasteiger partial charge on any atom is -0.481 e. The van der Waals surface area contributed by atoms with Crippen molar-refractivity contribution >= 4 is 11.9 Å². The maximum Gasteiger partial charge on any atom is 0.310 e. The number of hydrogen-bond acceptors (Lipinski definition) is 4. The summed E-state index contributed by atoms with van der Waals surface area (Å²) in [6.07, 6.45) is 7.13. The Balaban J connectivity index is 1.53. The summed E-state index contributed by atoms with van der Waals surface area (Å²) in [4.78, 5) is 25.8. The molecule has 2 bridgehead atoms. The summed E-state index contributed by atoms with van der Waals surface area (Å²) in [5.74, 6) is -2.21. The van der Waals surface area contributed by atoms with Crippen LogP contribution >= 0.6 is 0 Å². The number of likely N-dealkylation sites (tertiary alicyclic amines) is 1. The van der Waals surface area contributed by atoms with E-state index in [2.05, 4.69) is 4.90 Å². The number of carbonyl (C=O) groups excluding carboxylic acids is 1. The zero-order valence-electron chi connectivity index (χ0n) is 11.5. The molecular weight excluding hydrogens is 258 g/mol. The van der Waals surface area contributed by atoms with Crippen LogP contribution in [0.5, 0.6) is 0 Å². The summed E-state index contributed by atoms with van der Waals surface area (Å²) < 4.78 is 5.34. The number of ether oxygens (including phenoxy) is 1. The number of carboxylic acids is 1. The van der Waals surface area contributed by atoms with E-state index in [0.29, 0.717) is 6.61 Å². The van der Waals surface area contributed by atoms with Crippen molar-refractivity contribution < 1.29 is 19.4 Å². The standard InChI is InChI=1S/C15H21NO4/c17-14(18)12-10-3-4-11(9-10)13(12)15(19)20-8-7-16-5-1-2-6-16/h3-4,10-13H,1-2,5-9H2,(H,17,18). The molecule has 3 aliphatic rings. The lowest BCUT2D eigenvalue weighted by Gasteiger charge is -2.23. The van der Waals surface area contributed by atoms with Crippen molar-refractivity contribution in [3.63, 3.8) is 0 Å². The summed E-state index contributed by atoms with van der Waals surface area (Å²) in [5.41, 5.74) is 0. The Bertz CT molecular complexity index is 428. The van der Waals surface area contributed by atoms with Crippen LogP contribution in [0.4, 0.5) is 0 Å². The highest BCUT2D eigenvalue weighted by atomic mass is 16.5. The first-order valence-corrected chi connectivity index (χ1v) is 7.47. The van der Waals surface area contributed by atoms with Gasteiger partial charge in [0.15, 0.2) is 0 Å². The molecule has 20 heavy (non-hydrogen) atoms. The zero-order chi connectivity index (χ0) is 14.1. The topological polar surface area (TPSA) is 66.8 Å². The molecule has 1 heterocycles. The third-order valence-electron chi connectivity index (χ3n) is 4.87. The Labute approximate surface area is 118 Å². The minimum absolute atomic E-state index is 0.00799. The Morgan fingerprint density at radius 2 is 1.80 bits per heavy atom. The average molecular weight is 279 g/mol. The second kappa shape index (κ2) is 5.56. The van der Waals surface area contributed by atoms with E-state index < -0.39 is 17.8 Å². The second-order valence-corrected chi connectivity index (χ2v) is 6.05. The van der Waals surface area contributed by atoms with E-state index >= 15 is 0 Å². The lowest BCUT2D eigenvalue weighted by atomic mass is 9.83. The van der Waals surface area contributed by atoms with Gasteiger partial charge in [-0.1, -0.05) is 12.2 Å². The molecule has 3 rings (SSSR count). The van der Waals surface area contributed by atoms with Gasteiger partial charge in [0.05, 0.1) is 11.8 Å². The van der Waals surface area contributed by atoms with Crippen LogP contribution in [-0.2, 0) is 14.3 Å². The predicted molar refractivity (Wildman–Crippen MR) is 72.0 cm³/mol. The molecule has 0 aromatic heterocycles. The molecular formula is C15H21NO4. The normalized spacial score (nSPS) is 35.6. The molecule has 1 saturated heterocycles. The highest BCUT2D eigenvalue weighted by Gasteiger charge is 2.52. The van der Waals surface area contributed by atoms with Crippen molar-refractivity contribution in [3.8, 4) is 0 Å². The van der Waals surface area contributed by atoms with E-state index in [1.54, 1.807) is 0 Å². The van der Waals surface area contributed by atoms with Crippen LogP contribution < -0.4 is 0 Å². The number of allylic oxidation sites excluding steroid dienone is 2. The maximum atomic E-state index is 12.2. The Hall–Kier alpha value is -1.36. The lowest BCUT2D eigenvalue weighted by Crippen LogP contribution is -2.35. The quantitative estimate of drug-likeness (QED) is 0.604. The SMILES string of the molecule is O=C(O)C1C2C=CC(C2)C1C(=O)OCCN1CCCC1. The Morgan fingerprint density at radius 3 is 2.45 bits per heavy atom. The van der Waals surface area contributed by atoms with Gasteiger partial charge in [-0.15, -0.1) is 0 Å². The smallest absolute Gasteiger partial charge is 0.310 e. The zero-order valence-corrected chi connectivity index (χ0v) is 11.5. The molecule has 1 N–H and O–H groups in total. The van der Waals surface area contributed by atoms with Gasteiger partial charge in [0.25, 0.3) is 0 Å². The number of rotatable bonds is 5. The third-order valence-corrected chi connectivity index (χ3v) is 4.87. The molecule has 2 aliphatic carbocycles. The average Bonchev–Trinajstić information content (AvgIpc) is 3.13. The second-order valence-electron chi connectivity index (χ2n) is 6.05. The van der Waals surface area contributed by atoms with Crippen LogP contribution in [0.1, 0.15) is 19.3 Å². The third kappa shape index (κ3) is 2.46. The van der Waals surface area contributed by atoms with Gasteiger partial charge < -0.3 is 9.84 Å². The molecule has 1 aliphatic heterocycles. The fourth-order valence-electron chi connectivity index (χ4n) is 3.86. The molecule has 4 unspecified atom stereocenters. The van der Waals surface area contributed by atoms with Gasteiger partial charge in [-0.25, -0.2) is 0 Å². The molecule has 0 aromatic carbocycles. The molecule has 5 heteroatoms. The molecule has 2 fully saturated rings. The number of esters is 1. The van der Waals surface area contributed by atoms with E-state index in [-0.39, 0.29) is 17.8 Å². The fraction of sp³-hybridized carbons (Fsp3) is 0.733. The monoisotopic (exact) mass is 279 g/mol. The maximum absolute atomic E-state index is 12.2. The van der Waals surface area contributed by atoms with Gasteiger partial charge in [-0.05, 0) is 44.2 Å². The number of fused-ring (bicyclic) bond motifs is 2. The van der Waals surface area contributed by atoms with Crippen molar-refractivity contribution in [2.45, 2.75) is 19.3 Å². The molecule has 5 nitrogen and oxygen atoms in total. The summed E-state index contributed by atoms with van der Waals surface area (Å²) in [5, 5.41) is 9.30. The Kier molecular flexibility index (Phi) is 3.78. The van der Waals surface area contributed by atoms with Gasteiger partial charge in [0, 0.05) is 6.54 Å². The molecule has 0 radical (unpaired) electrons. The van der Waals surface area contributed by atoms with Crippen molar-refractivity contribution in [1.29, 1.82) is 0 Å². The van der Waals surface area contributed by atoms with Crippen LogP contribution in [0.3, 0.4) is 0 Å². The summed E-state index contributed by atoms with van der Waals surface area (Å²) in [6, 6.07) is 0. The molecule has 0 amide bonds. The molecule has 1 saturated carbocycles. The van der Waals surface area contributed by atoms with E-state index in [9.17, 15) is 14.7 Å². The fourth-order valence-corrected chi connectivity index (χ4v) is 3.86. The summed E-state index contributed by atoms with van der Waals surface area (Å²) in [7, 11) is 0. The van der Waals surface area contributed by atoms with Crippen LogP contribution in [-0.4, -0.2) is 48.2 Å². The lowest BCUT2D eigenvalue weighted by molar-refractivity contribution is -0.158. The first-order chi connectivity index (χ1) is 9.66. The van der Waals surface area contributed by atoms with Crippen molar-refractivity contribution in [2.75, 3.05) is 26.2 Å².